The first-order chi connectivity index (χ1) is 8.92. The Labute approximate surface area is 114 Å². The van der Waals surface area contributed by atoms with E-state index in [-0.39, 0.29) is 12.1 Å². The molecule has 0 saturated carbocycles. The van der Waals surface area contributed by atoms with Gasteiger partial charge in [-0.15, -0.1) is 0 Å². The van der Waals surface area contributed by atoms with Crippen LogP contribution >= 0.6 is 11.6 Å². The molecule has 0 aliphatic carbocycles. The molecule has 104 valence electrons. The van der Waals surface area contributed by atoms with Crippen molar-refractivity contribution in [2.45, 2.75) is 24.7 Å². The zero-order chi connectivity index (χ0) is 13.6. The highest BCUT2D eigenvalue weighted by Crippen LogP contribution is 2.36. The summed E-state index contributed by atoms with van der Waals surface area (Å²) < 4.78 is 37.3. The van der Waals surface area contributed by atoms with E-state index in [0.29, 0.717) is 18.1 Å². The van der Waals surface area contributed by atoms with Gasteiger partial charge >= 0.3 is 6.18 Å². The number of hydrogen-bond donors (Lipinski definition) is 0. The van der Waals surface area contributed by atoms with E-state index in [1.165, 1.54) is 0 Å². The van der Waals surface area contributed by atoms with Crippen molar-refractivity contribution in [3.8, 4) is 0 Å². The van der Waals surface area contributed by atoms with Gasteiger partial charge in [0.1, 0.15) is 0 Å². The van der Waals surface area contributed by atoms with Gasteiger partial charge in [-0.2, -0.15) is 13.2 Å². The van der Waals surface area contributed by atoms with E-state index < -0.39 is 12.7 Å². The Morgan fingerprint density at radius 3 is 2.32 bits per heavy atom. The lowest BCUT2D eigenvalue weighted by atomic mass is 10.2. The average Bonchev–Trinajstić information content (AvgIpc) is 2.87. The smallest absolute Gasteiger partial charge is 0.366 e. The van der Waals surface area contributed by atoms with E-state index in [1.54, 1.807) is 4.90 Å². The quantitative estimate of drug-likeness (QED) is 0.825. The number of halogens is 4. The zero-order valence-corrected chi connectivity index (χ0v) is 11.0. The molecule has 2 atom stereocenters. The number of fused-ring (bicyclic) bond motifs is 2. The van der Waals surface area contributed by atoms with E-state index in [4.69, 9.17) is 11.6 Å². The summed E-state index contributed by atoms with van der Waals surface area (Å²) in [6, 6.07) is 7.69. The fraction of sp³-hybridized carbons (Fsp3) is 0.538. The summed E-state index contributed by atoms with van der Waals surface area (Å²) in [7, 11) is 0. The molecular formula is C13H14ClF3N2. The second-order valence-corrected chi connectivity index (χ2v) is 5.65. The molecule has 19 heavy (non-hydrogen) atoms. The Hall–Kier alpha value is -0.940. The molecule has 0 aromatic heterocycles. The zero-order valence-electron chi connectivity index (χ0n) is 10.2. The summed E-state index contributed by atoms with van der Waals surface area (Å²) in [5.74, 6) is 0. The van der Waals surface area contributed by atoms with Crippen LogP contribution in [-0.2, 0) is 0 Å². The summed E-state index contributed by atoms with van der Waals surface area (Å²) in [5.41, 5.74) is 1.04. The maximum absolute atomic E-state index is 12.4. The first-order valence-electron chi connectivity index (χ1n) is 6.25. The number of likely N-dealkylation sites (tertiary alicyclic amines) is 1. The Balaban J connectivity index is 1.68. The molecule has 2 fully saturated rings. The minimum absolute atomic E-state index is 0.0160. The summed E-state index contributed by atoms with van der Waals surface area (Å²) in [5, 5.41) is 0.673. The monoisotopic (exact) mass is 290 g/mol. The van der Waals surface area contributed by atoms with Crippen molar-refractivity contribution in [1.29, 1.82) is 0 Å². The first-order valence-corrected chi connectivity index (χ1v) is 6.63. The van der Waals surface area contributed by atoms with Gasteiger partial charge in [0.05, 0.1) is 6.54 Å². The van der Waals surface area contributed by atoms with Crippen LogP contribution in [0.25, 0.3) is 0 Å². The summed E-state index contributed by atoms with van der Waals surface area (Å²) >= 11 is 5.84. The Morgan fingerprint density at radius 1 is 1.11 bits per heavy atom. The first kappa shape index (κ1) is 13.1. The Kier molecular flexibility index (Phi) is 3.14. The van der Waals surface area contributed by atoms with Crippen LogP contribution in [0, 0.1) is 0 Å². The molecule has 1 aromatic carbocycles. The van der Waals surface area contributed by atoms with E-state index >= 15 is 0 Å². The minimum Gasteiger partial charge on any atom is -0.366 e. The van der Waals surface area contributed by atoms with Gasteiger partial charge in [-0.25, -0.2) is 0 Å². The van der Waals surface area contributed by atoms with Crippen LogP contribution in [0.2, 0.25) is 5.02 Å². The second kappa shape index (κ2) is 4.56. The third-order valence-electron chi connectivity index (χ3n) is 3.89. The number of piperazine rings is 1. The third kappa shape index (κ3) is 2.67. The fourth-order valence-electron chi connectivity index (χ4n) is 3.12. The lowest BCUT2D eigenvalue weighted by molar-refractivity contribution is -0.148. The van der Waals surface area contributed by atoms with Crippen LogP contribution in [0.1, 0.15) is 6.42 Å². The maximum atomic E-state index is 12.4. The summed E-state index contributed by atoms with van der Waals surface area (Å²) in [6.45, 7) is 0.373. The van der Waals surface area contributed by atoms with Crippen molar-refractivity contribution in [2.24, 2.45) is 0 Å². The highest BCUT2D eigenvalue weighted by molar-refractivity contribution is 6.30. The minimum atomic E-state index is -4.10. The molecular weight excluding hydrogens is 277 g/mol. The standard InChI is InChI=1S/C13H14ClF3N2/c14-9-1-3-10(4-2-9)19-7-11-5-12(19)6-18(11)8-13(15,16)17/h1-4,11-12H,5-8H2/t11-,12-/m0/s1. The van der Waals surface area contributed by atoms with Gasteiger partial charge in [0.25, 0.3) is 0 Å². The van der Waals surface area contributed by atoms with E-state index in [0.717, 1.165) is 12.1 Å². The summed E-state index contributed by atoms with van der Waals surface area (Å²) in [6.07, 6.45) is -3.28. The molecule has 0 N–H and O–H groups in total. The number of nitrogens with zero attached hydrogens (tertiary/aromatic N) is 2. The second-order valence-electron chi connectivity index (χ2n) is 5.22. The van der Waals surface area contributed by atoms with Crippen LogP contribution in [0.15, 0.2) is 24.3 Å². The maximum Gasteiger partial charge on any atom is 0.401 e. The number of rotatable bonds is 2. The van der Waals surface area contributed by atoms with Crippen molar-refractivity contribution in [1.82, 2.24) is 4.90 Å². The average molecular weight is 291 g/mol. The van der Waals surface area contributed by atoms with Crippen molar-refractivity contribution in [3.63, 3.8) is 0 Å². The molecule has 2 aliphatic heterocycles. The lowest BCUT2D eigenvalue weighted by Crippen LogP contribution is -2.49. The summed E-state index contributed by atoms with van der Waals surface area (Å²) in [4.78, 5) is 3.74. The third-order valence-corrected chi connectivity index (χ3v) is 4.15. The normalized spacial score (nSPS) is 27.3. The van der Waals surface area contributed by atoms with Crippen molar-refractivity contribution in [2.75, 3.05) is 24.5 Å². The van der Waals surface area contributed by atoms with Crippen LogP contribution in [0.3, 0.4) is 0 Å². The van der Waals surface area contributed by atoms with Gasteiger partial charge in [0.15, 0.2) is 0 Å². The van der Waals surface area contributed by atoms with Gasteiger partial charge < -0.3 is 4.90 Å². The molecule has 0 spiro atoms. The van der Waals surface area contributed by atoms with Crippen molar-refractivity contribution < 1.29 is 13.2 Å². The lowest BCUT2D eigenvalue weighted by Gasteiger charge is -2.35. The van der Waals surface area contributed by atoms with Gasteiger partial charge in [0.2, 0.25) is 0 Å². The molecule has 2 saturated heterocycles. The fourth-order valence-corrected chi connectivity index (χ4v) is 3.25. The SMILES string of the molecule is FC(F)(F)CN1C[C@@H]2C[C@H]1CN2c1ccc(Cl)cc1. The van der Waals surface area contributed by atoms with Crippen LogP contribution in [-0.4, -0.2) is 42.8 Å². The molecule has 0 radical (unpaired) electrons. The molecule has 3 rings (SSSR count). The highest BCUT2D eigenvalue weighted by Gasteiger charge is 2.46. The van der Waals surface area contributed by atoms with E-state index in [1.807, 2.05) is 24.3 Å². The molecule has 1 aromatic rings. The van der Waals surface area contributed by atoms with Gasteiger partial charge in [0, 0.05) is 35.9 Å². The van der Waals surface area contributed by atoms with Gasteiger partial charge in [-0.1, -0.05) is 11.6 Å². The van der Waals surface area contributed by atoms with Crippen molar-refractivity contribution >= 4 is 17.3 Å². The molecule has 6 heteroatoms. The molecule has 0 amide bonds. The molecule has 2 bridgehead atoms. The molecule has 2 nitrogen and oxygen atoms in total. The predicted octanol–water partition coefficient (Wildman–Crippen LogP) is 3.17. The number of alkyl halides is 3. The number of anilines is 1. The molecule has 2 aliphatic rings. The van der Waals surface area contributed by atoms with Gasteiger partial charge in [-0.05, 0) is 30.7 Å². The Morgan fingerprint density at radius 2 is 1.79 bits per heavy atom. The van der Waals surface area contributed by atoms with Crippen molar-refractivity contribution in [3.05, 3.63) is 29.3 Å². The van der Waals surface area contributed by atoms with Crippen LogP contribution in [0.4, 0.5) is 18.9 Å². The molecule has 0 unspecified atom stereocenters. The van der Waals surface area contributed by atoms with Crippen LogP contribution in [0.5, 0.6) is 0 Å². The van der Waals surface area contributed by atoms with E-state index in [2.05, 4.69) is 4.90 Å². The Bertz CT molecular complexity index is 460. The van der Waals surface area contributed by atoms with E-state index in [9.17, 15) is 13.2 Å². The number of benzene rings is 1. The topological polar surface area (TPSA) is 6.48 Å². The predicted molar refractivity (Wildman–Crippen MR) is 68.6 cm³/mol. The molecule has 2 heterocycles. The van der Waals surface area contributed by atoms with Gasteiger partial charge in [-0.3, -0.25) is 4.90 Å². The largest absolute Gasteiger partial charge is 0.401 e. The van der Waals surface area contributed by atoms with Crippen LogP contribution < -0.4 is 4.90 Å². The highest BCUT2D eigenvalue weighted by atomic mass is 35.5. The number of hydrogen-bond acceptors (Lipinski definition) is 2.